The van der Waals surface area contributed by atoms with Gasteiger partial charge in [-0.2, -0.15) is 5.01 Å². The molecule has 1 aromatic rings. The highest BCUT2D eigenvalue weighted by molar-refractivity contribution is 9.10. The van der Waals surface area contributed by atoms with Crippen LogP contribution in [0, 0.1) is 0 Å². The van der Waals surface area contributed by atoms with E-state index in [2.05, 4.69) is 26.7 Å². The smallest absolute Gasteiger partial charge is 0.322 e. The van der Waals surface area contributed by atoms with Crippen LogP contribution in [-0.2, 0) is 16.1 Å². The quantitative estimate of drug-likeness (QED) is 0.671. The average Bonchev–Trinajstić information content (AvgIpc) is 2.86. The number of urea groups is 1. The van der Waals surface area contributed by atoms with E-state index in [0.29, 0.717) is 25.9 Å². The van der Waals surface area contributed by atoms with Crippen molar-refractivity contribution in [3.8, 4) is 0 Å². The number of hydrogen-bond donors (Lipinski definition) is 2. The molecule has 1 aliphatic heterocycles. The van der Waals surface area contributed by atoms with Crippen LogP contribution in [-0.4, -0.2) is 46.9 Å². The molecule has 0 atom stereocenters. The number of hydrogen-bond acceptors (Lipinski definition) is 4. The summed E-state index contributed by atoms with van der Waals surface area (Å²) in [5, 5.41) is 3.65. The zero-order chi connectivity index (χ0) is 19.4. The van der Waals surface area contributed by atoms with Gasteiger partial charge in [0.2, 0.25) is 5.91 Å². The van der Waals surface area contributed by atoms with E-state index in [4.69, 9.17) is 0 Å². The molecule has 1 heterocycles. The highest BCUT2D eigenvalue weighted by Gasteiger charge is 2.52. The third-order valence-electron chi connectivity index (χ3n) is 5.22. The molecule has 1 aliphatic carbocycles. The van der Waals surface area contributed by atoms with Crippen LogP contribution in [0.5, 0.6) is 0 Å². The van der Waals surface area contributed by atoms with Crippen LogP contribution in [0.25, 0.3) is 0 Å². The van der Waals surface area contributed by atoms with E-state index in [1.807, 2.05) is 36.2 Å². The second kappa shape index (κ2) is 8.39. The normalized spacial score (nSPS) is 18.9. The molecule has 1 saturated carbocycles. The molecule has 4 amide bonds. The van der Waals surface area contributed by atoms with Gasteiger partial charge in [0, 0.05) is 24.0 Å². The molecule has 0 bridgehead atoms. The van der Waals surface area contributed by atoms with Gasteiger partial charge in [-0.05, 0) is 31.5 Å². The SMILES string of the molecule is CN(CCC(=O)NN1C(=O)NC2(CCCCC2)C1=O)Cc1ccccc1Br. The van der Waals surface area contributed by atoms with Gasteiger partial charge in [-0.15, -0.1) is 0 Å². The standard InChI is InChI=1S/C19H25BrN4O3/c1-23(13-14-7-3-4-8-15(14)20)12-9-16(25)22-24-17(26)19(21-18(24)27)10-5-2-6-11-19/h3-4,7-8H,2,5-6,9-13H2,1H3,(H,21,27)(H,22,25). The maximum absolute atomic E-state index is 12.7. The minimum atomic E-state index is -0.820. The van der Waals surface area contributed by atoms with E-state index in [0.717, 1.165) is 34.3 Å². The molecule has 7 nitrogen and oxygen atoms in total. The van der Waals surface area contributed by atoms with Gasteiger partial charge in [0.15, 0.2) is 0 Å². The first kappa shape index (κ1) is 19.8. The van der Waals surface area contributed by atoms with Crippen molar-refractivity contribution >= 4 is 33.8 Å². The Hall–Kier alpha value is -1.93. The number of halogens is 1. The number of carbonyl (C=O) groups is 3. The summed E-state index contributed by atoms with van der Waals surface area (Å²) in [4.78, 5) is 39.1. The van der Waals surface area contributed by atoms with Gasteiger partial charge in [-0.25, -0.2) is 4.79 Å². The lowest BCUT2D eigenvalue weighted by molar-refractivity contribution is -0.140. The van der Waals surface area contributed by atoms with Gasteiger partial charge >= 0.3 is 6.03 Å². The van der Waals surface area contributed by atoms with Crippen LogP contribution in [0.15, 0.2) is 28.7 Å². The fraction of sp³-hybridized carbons (Fsp3) is 0.526. The van der Waals surface area contributed by atoms with E-state index in [-0.39, 0.29) is 18.2 Å². The lowest BCUT2D eigenvalue weighted by atomic mass is 9.82. The van der Waals surface area contributed by atoms with Crippen molar-refractivity contribution in [2.45, 2.75) is 50.6 Å². The first-order chi connectivity index (χ1) is 12.9. The molecule has 27 heavy (non-hydrogen) atoms. The first-order valence-electron chi connectivity index (χ1n) is 9.29. The van der Waals surface area contributed by atoms with Gasteiger partial charge in [-0.1, -0.05) is 53.4 Å². The predicted octanol–water partition coefficient (Wildman–Crippen LogP) is 2.56. The van der Waals surface area contributed by atoms with Crippen LogP contribution in [0.1, 0.15) is 44.1 Å². The Labute approximate surface area is 167 Å². The molecule has 146 valence electrons. The van der Waals surface area contributed by atoms with Gasteiger partial charge in [-0.3, -0.25) is 15.0 Å². The van der Waals surface area contributed by atoms with Gasteiger partial charge < -0.3 is 10.2 Å². The lowest BCUT2D eigenvalue weighted by Crippen LogP contribution is -2.51. The molecule has 2 aliphatic rings. The zero-order valence-electron chi connectivity index (χ0n) is 15.5. The molecular formula is C19H25BrN4O3. The number of nitrogens with zero attached hydrogens (tertiary/aromatic N) is 2. The average molecular weight is 437 g/mol. The fourth-order valence-electron chi connectivity index (χ4n) is 3.69. The van der Waals surface area contributed by atoms with Crippen molar-refractivity contribution in [2.24, 2.45) is 0 Å². The van der Waals surface area contributed by atoms with Crippen molar-refractivity contribution in [1.82, 2.24) is 20.7 Å². The van der Waals surface area contributed by atoms with Crippen molar-refractivity contribution in [1.29, 1.82) is 0 Å². The molecule has 3 rings (SSSR count). The third-order valence-corrected chi connectivity index (χ3v) is 6.00. The largest absolute Gasteiger partial charge is 0.344 e. The Bertz CT molecular complexity index is 733. The summed E-state index contributed by atoms with van der Waals surface area (Å²) in [6, 6.07) is 7.40. The number of nitrogens with one attached hydrogen (secondary N) is 2. The van der Waals surface area contributed by atoms with Crippen LogP contribution < -0.4 is 10.7 Å². The predicted molar refractivity (Wildman–Crippen MR) is 104 cm³/mol. The molecule has 0 unspecified atom stereocenters. The zero-order valence-corrected chi connectivity index (χ0v) is 17.0. The molecule has 1 saturated heterocycles. The minimum absolute atomic E-state index is 0.199. The van der Waals surface area contributed by atoms with E-state index < -0.39 is 11.6 Å². The monoisotopic (exact) mass is 436 g/mol. The number of rotatable bonds is 6. The Kier molecular flexibility index (Phi) is 6.16. The summed E-state index contributed by atoms with van der Waals surface area (Å²) in [6.45, 7) is 1.21. The summed E-state index contributed by atoms with van der Waals surface area (Å²) >= 11 is 3.52. The maximum atomic E-state index is 12.7. The Morgan fingerprint density at radius 3 is 2.67 bits per heavy atom. The summed E-state index contributed by atoms with van der Waals surface area (Å²) in [5.74, 6) is -0.674. The third kappa shape index (κ3) is 4.50. The number of hydrazine groups is 1. The van der Waals surface area contributed by atoms with Gasteiger partial charge in [0.25, 0.3) is 5.91 Å². The van der Waals surface area contributed by atoms with Crippen LogP contribution >= 0.6 is 15.9 Å². The number of amides is 4. The molecule has 1 aromatic carbocycles. The van der Waals surface area contributed by atoms with Crippen LogP contribution in [0.4, 0.5) is 4.79 Å². The second-order valence-electron chi connectivity index (χ2n) is 7.33. The summed E-state index contributed by atoms with van der Waals surface area (Å²) in [5.41, 5.74) is 2.79. The number of imide groups is 1. The Balaban J connectivity index is 1.50. The molecule has 0 aromatic heterocycles. The fourth-order valence-corrected chi connectivity index (χ4v) is 4.10. The molecular weight excluding hydrogens is 412 g/mol. The Morgan fingerprint density at radius 1 is 1.26 bits per heavy atom. The van der Waals surface area contributed by atoms with Crippen molar-refractivity contribution in [3.05, 3.63) is 34.3 Å². The van der Waals surface area contributed by atoms with Crippen LogP contribution in [0.2, 0.25) is 0 Å². The Morgan fingerprint density at radius 2 is 1.96 bits per heavy atom. The van der Waals surface area contributed by atoms with E-state index in [1.54, 1.807) is 0 Å². The molecule has 8 heteroatoms. The van der Waals surface area contributed by atoms with Crippen LogP contribution in [0.3, 0.4) is 0 Å². The van der Waals surface area contributed by atoms with Gasteiger partial charge in [0.05, 0.1) is 0 Å². The summed E-state index contributed by atoms with van der Waals surface area (Å²) in [6.07, 6.45) is 4.37. The second-order valence-corrected chi connectivity index (χ2v) is 8.18. The maximum Gasteiger partial charge on any atom is 0.344 e. The minimum Gasteiger partial charge on any atom is -0.322 e. The molecule has 1 spiro atoms. The van der Waals surface area contributed by atoms with E-state index >= 15 is 0 Å². The number of carbonyl (C=O) groups excluding carboxylic acids is 3. The van der Waals surface area contributed by atoms with E-state index in [9.17, 15) is 14.4 Å². The molecule has 2 fully saturated rings. The van der Waals surface area contributed by atoms with E-state index in [1.165, 1.54) is 0 Å². The highest BCUT2D eigenvalue weighted by Crippen LogP contribution is 2.33. The van der Waals surface area contributed by atoms with Gasteiger partial charge in [0.1, 0.15) is 5.54 Å². The molecule has 2 N–H and O–H groups in total. The number of benzene rings is 1. The van der Waals surface area contributed by atoms with Crippen molar-refractivity contribution in [3.63, 3.8) is 0 Å². The molecule has 0 radical (unpaired) electrons. The van der Waals surface area contributed by atoms with Crippen molar-refractivity contribution < 1.29 is 14.4 Å². The summed E-state index contributed by atoms with van der Waals surface area (Å²) in [7, 11) is 1.93. The first-order valence-corrected chi connectivity index (χ1v) is 10.1. The van der Waals surface area contributed by atoms with Crippen molar-refractivity contribution in [2.75, 3.05) is 13.6 Å². The topological polar surface area (TPSA) is 81.8 Å². The summed E-state index contributed by atoms with van der Waals surface area (Å²) < 4.78 is 1.03. The lowest BCUT2D eigenvalue weighted by Gasteiger charge is -2.30. The highest BCUT2D eigenvalue weighted by atomic mass is 79.9.